The number of carbonyl (C=O) groups is 1. The fraction of sp³-hybridized carbons (Fsp3) is 0.381. The Balaban J connectivity index is 1.72. The molecule has 0 aromatic heterocycles. The van der Waals surface area contributed by atoms with Gasteiger partial charge in [0.05, 0.1) is 19.8 Å². The second-order valence-electron chi connectivity index (χ2n) is 6.63. The van der Waals surface area contributed by atoms with Crippen LogP contribution in [0.15, 0.2) is 42.5 Å². The third kappa shape index (κ3) is 4.22. The van der Waals surface area contributed by atoms with Gasteiger partial charge in [-0.15, -0.1) is 0 Å². The number of halogens is 1. The Hall–Kier alpha value is -2.40. The number of ketones is 1. The smallest absolute Gasteiger partial charge is 0.170 e. The van der Waals surface area contributed by atoms with E-state index in [4.69, 9.17) is 9.47 Å². The Morgan fingerprint density at radius 3 is 2.77 bits per heavy atom. The molecule has 0 unspecified atom stereocenters. The highest BCUT2D eigenvalue weighted by Gasteiger charge is 2.28. The maximum absolute atomic E-state index is 13.4. The molecule has 1 atom stereocenters. The minimum absolute atomic E-state index is 0.0837. The van der Waals surface area contributed by atoms with Gasteiger partial charge < -0.3 is 9.47 Å². The standard InChI is InChI=1S/C21H24FNO3/c1-25-18-8-9-19(20(12-18)26-2)21(24)16-6-4-10-23(14-16)13-15-5-3-7-17(22)11-15/h3,5,7-9,11-12,16H,4,6,10,13-14H2,1-2H3/t16-/m0/s1. The van der Waals surface area contributed by atoms with Crippen molar-refractivity contribution in [1.29, 1.82) is 0 Å². The third-order valence-corrected chi connectivity index (χ3v) is 4.85. The lowest BCUT2D eigenvalue weighted by molar-refractivity contribution is 0.0808. The predicted molar refractivity (Wildman–Crippen MR) is 98.3 cm³/mol. The third-order valence-electron chi connectivity index (χ3n) is 4.85. The van der Waals surface area contributed by atoms with Crippen LogP contribution in [-0.2, 0) is 6.54 Å². The number of hydrogen-bond acceptors (Lipinski definition) is 4. The monoisotopic (exact) mass is 357 g/mol. The zero-order valence-electron chi connectivity index (χ0n) is 15.2. The van der Waals surface area contributed by atoms with Crippen LogP contribution in [-0.4, -0.2) is 38.0 Å². The van der Waals surface area contributed by atoms with Crippen LogP contribution < -0.4 is 9.47 Å². The molecule has 138 valence electrons. The summed E-state index contributed by atoms with van der Waals surface area (Å²) in [6, 6.07) is 11.9. The molecule has 2 aromatic rings. The van der Waals surface area contributed by atoms with Gasteiger partial charge in [-0.1, -0.05) is 12.1 Å². The van der Waals surface area contributed by atoms with Gasteiger partial charge in [0.25, 0.3) is 0 Å². The highest BCUT2D eigenvalue weighted by Crippen LogP contribution is 2.29. The Morgan fingerprint density at radius 2 is 2.04 bits per heavy atom. The van der Waals surface area contributed by atoms with E-state index >= 15 is 0 Å². The number of piperidine rings is 1. The fourth-order valence-corrected chi connectivity index (χ4v) is 3.53. The molecule has 5 heteroatoms. The molecular formula is C21H24FNO3. The quantitative estimate of drug-likeness (QED) is 0.734. The Bertz CT molecular complexity index is 778. The molecule has 1 aliphatic rings. The van der Waals surface area contributed by atoms with Crippen molar-refractivity contribution >= 4 is 5.78 Å². The summed E-state index contributed by atoms with van der Waals surface area (Å²) in [6.45, 7) is 2.24. The van der Waals surface area contributed by atoms with Gasteiger partial charge in [0.15, 0.2) is 5.78 Å². The van der Waals surface area contributed by atoms with Crippen LogP contribution in [0.4, 0.5) is 4.39 Å². The van der Waals surface area contributed by atoms with Crippen molar-refractivity contribution in [1.82, 2.24) is 4.90 Å². The Labute approximate surface area is 153 Å². The molecule has 4 nitrogen and oxygen atoms in total. The number of hydrogen-bond donors (Lipinski definition) is 0. The SMILES string of the molecule is COc1ccc(C(=O)[C@H]2CCCN(Cc3cccc(F)c3)C2)c(OC)c1. The predicted octanol–water partition coefficient (Wildman–Crippen LogP) is 3.94. The average molecular weight is 357 g/mol. The molecule has 0 radical (unpaired) electrons. The number of nitrogens with zero attached hydrogens (tertiary/aromatic N) is 1. The van der Waals surface area contributed by atoms with Crippen molar-refractivity contribution in [2.24, 2.45) is 5.92 Å². The van der Waals surface area contributed by atoms with Gasteiger partial charge >= 0.3 is 0 Å². The maximum atomic E-state index is 13.4. The molecular weight excluding hydrogens is 333 g/mol. The second-order valence-corrected chi connectivity index (χ2v) is 6.63. The maximum Gasteiger partial charge on any atom is 0.170 e. The van der Waals surface area contributed by atoms with E-state index in [0.717, 1.165) is 24.9 Å². The van der Waals surface area contributed by atoms with Crippen LogP contribution in [0.3, 0.4) is 0 Å². The fourth-order valence-electron chi connectivity index (χ4n) is 3.53. The lowest BCUT2D eigenvalue weighted by Gasteiger charge is -2.32. The van der Waals surface area contributed by atoms with Crippen molar-refractivity contribution in [2.45, 2.75) is 19.4 Å². The van der Waals surface area contributed by atoms with Crippen molar-refractivity contribution in [3.8, 4) is 11.5 Å². The second kappa shape index (κ2) is 8.32. The van der Waals surface area contributed by atoms with E-state index in [-0.39, 0.29) is 17.5 Å². The van der Waals surface area contributed by atoms with Gasteiger partial charge in [-0.2, -0.15) is 0 Å². The van der Waals surface area contributed by atoms with Gasteiger partial charge in [0.2, 0.25) is 0 Å². The van der Waals surface area contributed by atoms with Crippen molar-refractivity contribution in [2.75, 3.05) is 27.3 Å². The molecule has 1 aliphatic heterocycles. The lowest BCUT2D eigenvalue weighted by atomic mass is 9.89. The minimum atomic E-state index is -0.227. The molecule has 0 N–H and O–H groups in total. The van der Waals surface area contributed by atoms with E-state index in [1.165, 1.54) is 6.07 Å². The van der Waals surface area contributed by atoms with Gasteiger partial charge in [-0.25, -0.2) is 4.39 Å². The van der Waals surface area contributed by atoms with Crippen molar-refractivity contribution in [3.05, 3.63) is 59.4 Å². The van der Waals surface area contributed by atoms with Gasteiger partial charge in [-0.05, 0) is 49.2 Å². The number of rotatable bonds is 6. The number of Topliss-reactive ketones (excluding diaryl/α,β-unsaturated/α-hetero) is 1. The van der Waals surface area contributed by atoms with Crippen LogP contribution in [0.1, 0.15) is 28.8 Å². The zero-order chi connectivity index (χ0) is 18.5. The summed E-state index contributed by atoms with van der Waals surface area (Å²) in [5, 5.41) is 0. The summed E-state index contributed by atoms with van der Waals surface area (Å²) in [6.07, 6.45) is 1.80. The molecule has 26 heavy (non-hydrogen) atoms. The number of carbonyl (C=O) groups excluding carboxylic acids is 1. The van der Waals surface area contributed by atoms with E-state index in [2.05, 4.69) is 4.90 Å². The van der Waals surface area contributed by atoms with Crippen molar-refractivity contribution < 1.29 is 18.7 Å². The first-order valence-corrected chi connectivity index (χ1v) is 8.83. The van der Waals surface area contributed by atoms with E-state index < -0.39 is 0 Å². The molecule has 0 saturated carbocycles. The molecule has 2 aromatic carbocycles. The number of methoxy groups -OCH3 is 2. The van der Waals surface area contributed by atoms with Gasteiger partial charge in [0, 0.05) is 25.1 Å². The summed E-state index contributed by atoms with van der Waals surface area (Å²) >= 11 is 0. The topological polar surface area (TPSA) is 38.8 Å². The van der Waals surface area contributed by atoms with Gasteiger partial charge in [0.1, 0.15) is 17.3 Å². The first-order chi connectivity index (χ1) is 12.6. The van der Waals surface area contributed by atoms with E-state index in [0.29, 0.717) is 30.2 Å². The minimum Gasteiger partial charge on any atom is -0.497 e. The van der Waals surface area contributed by atoms with Crippen LogP contribution in [0.2, 0.25) is 0 Å². The average Bonchev–Trinajstić information content (AvgIpc) is 2.67. The van der Waals surface area contributed by atoms with E-state index in [9.17, 15) is 9.18 Å². The first-order valence-electron chi connectivity index (χ1n) is 8.83. The number of ether oxygens (including phenoxy) is 2. The molecule has 0 spiro atoms. The number of benzene rings is 2. The summed E-state index contributed by atoms with van der Waals surface area (Å²) in [4.78, 5) is 15.2. The zero-order valence-corrected chi connectivity index (χ0v) is 15.2. The lowest BCUT2D eigenvalue weighted by Crippen LogP contribution is -2.38. The molecule has 0 amide bonds. The van der Waals surface area contributed by atoms with E-state index in [1.807, 2.05) is 6.07 Å². The van der Waals surface area contributed by atoms with Gasteiger partial charge in [-0.3, -0.25) is 9.69 Å². The Morgan fingerprint density at radius 1 is 1.19 bits per heavy atom. The van der Waals surface area contributed by atoms with Crippen LogP contribution in [0.25, 0.3) is 0 Å². The molecule has 1 saturated heterocycles. The molecule has 3 rings (SSSR count). The number of likely N-dealkylation sites (tertiary alicyclic amines) is 1. The normalized spacial score (nSPS) is 17.7. The summed E-state index contributed by atoms with van der Waals surface area (Å²) in [7, 11) is 3.14. The summed E-state index contributed by atoms with van der Waals surface area (Å²) in [5.74, 6) is 0.981. The molecule has 0 aliphatic carbocycles. The summed E-state index contributed by atoms with van der Waals surface area (Å²) < 4.78 is 24.0. The van der Waals surface area contributed by atoms with Crippen molar-refractivity contribution in [3.63, 3.8) is 0 Å². The first kappa shape index (κ1) is 18.4. The van der Waals surface area contributed by atoms with Crippen LogP contribution in [0.5, 0.6) is 11.5 Å². The largest absolute Gasteiger partial charge is 0.497 e. The Kier molecular flexibility index (Phi) is 5.89. The van der Waals surface area contributed by atoms with E-state index in [1.54, 1.807) is 44.6 Å². The molecule has 0 bridgehead atoms. The molecule has 1 fully saturated rings. The highest BCUT2D eigenvalue weighted by atomic mass is 19.1. The molecule has 1 heterocycles. The van der Waals surface area contributed by atoms with Crippen LogP contribution in [0, 0.1) is 11.7 Å². The summed E-state index contributed by atoms with van der Waals surface area (Å²) in [5.41, 5.74) is 1.52. The highest BCUT2D eigenvalue weighted by molar-refractivity contribution is 6.00. The van der Waals surface area contributed by atoms with Crippen LogP contribution >= 0.6 is 0 Å².